The smallest absolute Gasteiger partial charge is 0.118 e. The third kappa shape index (κ3) is 3.34. The van der Waals surface area contributed by atoms with Crippen LogP contribution in [0.5, 0.6) is 5.75 Å². The van der Waals surface area contributed by atoms with E-state index < -0.39 is 0 Å². The number of ether oxygens (including phenoxy) is 1. The van der Waals surface area contributed by atoms with Gasteiger partial charge in [-0.1, -0.05) is 12.1 Å². The lowest BCUT2D eigenvalue weighted by molar-refractivity contribution is 0.414. The van der Waals surface area contributed by atoms with Gasteiger partial charge in [0.1, 0.15) is 11.6 Å². The molecule has 1 atom stereocenters. The molecule has 18 heavy (non-hydrogen) atoms. The Kier molecular flexibility index (Phi) is 4.36. The standard InChI is InChI=1S/C14H19N3O/c1-15-12(10-14-16-7-8-17-14)9-11-3-5-13(18-2)6-4-11/h3-8,12,15H,9-10H2,1-2H3,(H,16,17). The van der Waals surface area contributed by atoms with Gasteiger partial charge in [0, 0.05) is 24.9 Å². The molecule has 2 N–H and O–H groups in total. The van der Waals surface area contributed by atoms with Gasteiger partial charge in [-0.25, -0.2) is 4.98 Å². The maximum Gasteiger partial charge on any atom is 0.118 e. The molecule has 0 aliphatic rings. The SMILES string of the molecule is CNC(Cc1ccc(OC)cc1)Cc1ncc[nH]1. The number of imidazole rings is 1. The number of methoxy groups -OCH3 is 1. The van der Waals surface area contributed by atoms with Crippen LogP contribution in [0, 0.1) is 0 Å². The van der Waals surface area contributed by atoms with E-state index in [1.165, 1.54) is 5.56 Å². The predicted molar refractivity (Wildman–Crippen MR) is 71.8 cm³/mol. The molecule has 0 aliphatic carbocycles. The van der Waals surface area contributed by atoms with Gasteiger partial charge < -0.3 is 15.0 Å². The Labute approximate surface area is 107 Å². The van der Waals surface area contributed by atoms with E-state index in [1.807, 2.05) is 25.4 Å². The van der Waals surface area contributed by atoms with Crippen molar-refractivity contribution in [3.63, 3.8) is 0 Å². The zero-order chi connectivity index (χ0) is 12.8. The van der Waals surface area contributed by atoms with Crippen molar-refractivity contribution >= 4 is 0 Å². The lowest BCUT2D eigenvalue weighted by Crippen LogP contribution is -2.30. The molecule has 96 valence electrons. The van der Waals surface area contributed by atoms with Gasteiger partial charge in [-0.05, 0) is 31.2 Å². The lowest BCUT2D eigenvalue weighted by Gasteiger charge is -2.15. The van der Waals surface area contributed by atoms with Crippen molar-refractivity contribution in [2.75, 3.05) is 14.2 Å². The van der Waals surface area contributed by atoms with Crippen LogP contribution in [-0.4, -0.2) is 30.2 Å². The quantitative estimate of drug-likeness (QED) is 0.815. The lowest BCUT2D eigenvalue weighted by atomic mass is 10.0. The average Bonchev–Trinajstić information content (AvgIpc) is 2.91. The number of nitrogens with one attached hydrogen (secondary N) is 2. The highest BCUT2D eigenvalue weighted by Gasteiger charge is 2.09. The van der Waals surface area contributed by atoms with Crippen LogP contribution in [0.25, 0.3) is 0 Å². The highest BCUT2D eigenvalue weighted by Crippen LogP contribution is 2.13. The van der Waals surface area contributed by atoms with Crippen molar-refractivity contribution < 1.29 is 4.74 Å². The Morgan fingerprint density at radius 1 is 1.28 bits per heavy atom. The third-order valence-corrected chi connectivity index (χ3v) is 3.04. The molecule has 2 aromatic rings. The molecule has 0 saturated carbocycles. The summed E-state index contributed by atoms with van der Waals surface area (Å²) in [6.07, 6.45) is 5.52. The van der Waals surface area contributed by atoms with Gasteiger partial charge in [0.05, 0.1) is 7.11 Å². The molecule has 2 rings (SSSR count). The summed E-state index contributed by atoms with van der Waals surface area (Å²) in [5, 5.41) is 3.33. The van der Waals surface area contributed by atoms with E-state index in [2.05, 4.69) is 27.4 Å². The zero-order valence-electron chi connectivity index (χ0n) is 10.8. The van der Waals surface area contributed by atoms with Crippen molar-refractivity contribution in [1.29, 1.82) is 0 Å². The molecule has 0 bridgehead atoms. The zero-order valence-corrected chi connectivity index (χ0v) is 10.8. The first-order valence-electron chi connectivity index (χ1n) is 6.10. The molecule has 0 saturated heterocycles. The van der Waals surface area contributed by atoms with Crippen LogP contribution >= 0.6 is 0 Å². The van der Waals surface area contributed by atoms with Crippen molar-refractivity contribution in [2.24, 2.45) is 0 Å². The molecule has 0 radical (unpaired) electrons. The van der Waals surface area contributed by atoms with Crippen LogP contribution < -0.4 is 10.1 Å². The van der Waals surface area contributed by atoms with Crippen LogP contribution in [-0.2, 0) is 12.8 Å². The first-order chi connectivity index (χ1) is 8.81. The minimum Gasteiger partial charge on any atom is -0.497 e. The summed E-state index contributed by atoms with van der Waals surface area (Å²) in [6.45, 7) is 0. The fourth-order valence-corrected chi connectivity index (χ4v) is 1.97. The summed E-state index contributed by atoms with van der Waals surface area (Å²) in [5.74, 6) is 1.91. The number of likely N-dealkylation sites (N-methyl/N-ethyl adjacent to an activating group) is 1. The molecule has 1 aromatic heterocycles. The van der Waals surface area contributed by atoms with E-state index >= 15 is 0 Å². The normalized spacial score (nSPS) is 12.3. The maximum atomic E-state index is 5.16. The number of benzene rings is 1. The highest BCUT2D eigenvalue weighted by atomic mass is 16.5. The van der Waals surface area contributed by atoms with Crippen molar-refractivity contribution in [2.45, 2.75) is 18.9 Å². The van der Waals surface area contributed by atoms with Crippen LogP contribution in [0.1, 0.15) is 11.4 Å². The first-order valence-corrected chi connectivity index (χ1v) is 6.10. The largest absolute Gasteiger partial charge is 0.497 e. The van der Waals surface area contributed by atoms with E-state index in [9.17, 15) is 0 Å². The summed E-state index contributed by atoms with van der Waals surface area (Å²) >= 11 is 0. The minimum atomic E-state index is 0.379. The molecule has 4 nitrogen and oxygen atoms in total. The molecular formula is C14H19N3O. The Balaban J connectivity index is 1.96. The molecule has 1 aromatic carbocycles. The molecule has 4 heteroatoms. The van der Waals surface area contributed by atoms with E-state index in [4.69, 9.17) is 4.74 Å². The van der Waals surface area contributed by atoms with Gasteiger partial charge in [0.15, 0.2) is 0 Å². The minimum absolute atomic E-state index is 0.379. The topological polar surface area (TPSA) is 49.9 Å². The van der Waals surface area contributed by atoms with E-state index in [0.717, 1.165) is 24.4 Å². The van der Waals surface area contributed by atoms with E-state index in [1.54, 1.807) is 13.3 Å². The predicted octanol–water partition coefficient (Wildman–Crippen LogP) is 1.79. The second-order valence-corrected chi connectivity index (χ2v) is 4.28. The van der Waals surface area contributed by atoms with Crippen LogP contribution in [0.15, 0.2) is 36.7 Å². The second kappa shape index (κ2) is 6.21. The van der Waals surface area contributed by atoms with Gasteiger partial charge in [-0.2, -0.15) is 0 Å². The molecule has 0 aliphatic heterocycles. The molecule has 0 spiro atoms. The van der Waals surface area contributed by atoms with E-state index in [-0.39, 0.29) is 0 Å². The fourth-order valence-electron chi connectivity index (χ4n) is 1.97. The Bertz CT molecular complexity index is 450. The van der Waals surface area contributed by atoms with Gasteiger partial charge in [0.2, 0.25) is 0 Å². The number of hydrogen-bond acceptors (Lipinski definition) is 3. The fraction of sp³-hybridized carbons (Fsp3) is 0.357. The van der Waals surface area contributed by atoms with Gasteiger partial charge in [0.25, 0.3) is 0 Å². The van der Waals surface area contributed by atoms with E-state index in [0.29, 0.717) is 6.04 Å². The van der Waals surface area contributed by atoms with Crippen molar-refractivity contribution in [3.05, 3.63) is 48.0 Å². The third-order valence-electron chi connectivity index (χ3n) is 3.04. The summed E-state index contributed by atoms with van der Waals surface area (Å²) < 4.78 is 5.16. The number of aromatic nitrogens is 2. The van der Waals surface area contributed by atoms with Crippen LogP contribution in [0.2, 0.25) is 0 Å². The van der Waals surface area contributed by atoms with Gasteiger partial charge in [-0.15, -0.1) is 0 Å². The Morgan fingerprint density at radius 2 is 2.06 bits per heavy atom. The number of hydrogen-bond donors (Lipinski definition) is 2. The number of rotatable bonds is 6. The number of nitrogens with zero attached hydrogens (tertiary/aromatic N) is 1. The van der Waals surface area contributed by atoms with Crippen LogP contribution in [0.3, 0.4) is 0 Å². The van der Waals surface area contributed by atoms with Crippen molar-refractivity contribution in [3.8, 4) is 5.75 Å². The number of H-pyrrole nitrogens is 1. The molecular weight excluding hydrogens is 226 g/mol. The summed E-state index contributed by atoms with van der Waals surface area (Å²) in [7, 11) is 3.67. The highest BCUT2D eigenvalue weighted by molar-refractivity contribution is 5.27. The van der Waals surface area contributed by atoms with Crippen LogP contribution in [0.4, 0.5) is 0 Å². The average molecular weight is 245 g/mol. The Hall–Kier alpha value is -1.81. The number of aromatic amines is 1. The molecule has 1 heterocycles. The first kappa shape index (κ1) is 12.6. The van der Waals surface area contributed by atoms with Gasteiger partial charge >= 0.3 is 0 Å². The van der Waals surface area contributed by atoms with Gasteiger partial charge in [-0.3, -0.25) is 0 Å². The Morgan fingerprint density at radius 3 is 2.61 bits per heavy atom. The maximum absolute atomic E-state index is 5.16. The summed E-state index contributed by atoms with van der Waals surface area (Å²) in [6, 6.07) is 8.57. The summed E-state index contributed by atoms with van der Waals surface area (Å²) in [5.41, 5.74) is 1.29. The molecule has 0 amide bonds. The second-order valence-electron chi connectivity index (χ2n) is 4.28. The monoisotopic (exact) mass is 245 g/mol. The van der Waals surface area contributed by atoms with Crippen molar-refractivity contribution in [1.82, 2.24) is 15.3 Å². The summed E-state index contributed by atoms with van der Waals surface area (Å²) in [4.78, 5) is 7.39. The molecule has 1 unspecified atom stereocenters. The molecule has 0 fully saturated rings.